The van der Waals surface area contributed by atoms with Crippen LogP contribution in [-0.2, 0) is 19.1 Å². The van der Waals surface area contributed by atoms with Gasteiger partial charge < -0.3 is 19.5 Å². The molecule has 0 aromatic rings. The molecule has 1 saturated heterocycles. The van der Waals surface area contributed by atoms with Gasteiger partial charge in [0.15, 0.2) is 0 Å². The molecule has 0 aromatic heterocycles. The van der Waals surface area contributed by atoms with Crippen molar-refractivity contribution in [1.82, 2.24) is 10.2 Å². The third-order valence-electron chi connectivity index (χ3n) is 2.56. The van der Waals surface area contributed by atoms with Crippen molar-refractivity contribution in [3.8, 4) is 0 Å². The molecule has 1 heterocycles. The van der Waals surface area contributed by atoms with E-state index in [0.29, 0.717) is 13.1 Å². The lowest BCUT2D eigenvalue weighted by Gasteiger charge is -2.41. The predicted molar refractivity (Wildman–Crippen MR) is 68.2 cm³/mol. The van der Waals surface area contributed by atoms with Crippen molar-refractivity contribution in [2.45, 2.75) is 32.5 Å². The maximum atomic E-state index is 11.9. The van der Waals surface area contributed by atoms with Gasteiger partial charge in [-0.2, -0.15) is 0 Å². The van der Waals surface area contributed by atoms with Crippen LogP contribution >= 0.6 is 0 Å². The Balaban J connectivity index is 2.41. The number of ether oxygens (including phenoxy) is 2. The Morgan fingerprint density at radius 2 is 2.05 bits per heavy atom. The molecule has 0 aliphatic carbocycles. The van der Waals surface area contributed by atoms with E-state index in [2.05, 4.69) is 10.1 Å². The zero-order chi connectivity index (χ0) is 15.3. The molecule has 0 saturated carbocycles. The highest BCUT2D eigenvalue weighted by molar-refractivity contribution is 5.95. The van der Waals surface area contributed by atoms with E-state index in [0.717, 1.165) is 0 Å². The molecule has 2 N–H and O–H groups in total. The molecule has 0 aromatic carbocycles. The maximum Gasteiger partial charge on any atom is 0.329 e. The number of amides is 3. The molecule has 1 unspecified atom stereocenters. The molecule has 114 valence electrons. The SMILES string of the molecule is CC1CN(C(=O)NC(=O)COCC(=O)O)CC(C)(C)O1. The molecule has 3 amide bonds. The number of hydrogen-bond acceptors (Lipinski definition) is 5. The van der Waals surface area contributed by atoms with Crippen molar-refractivity contribution >= 4 is 17.9 Å². The molecule has 1 aliphatic heterocycles. The summed E-state index contributed by atoms with van der Waals surface area (Å²) in [6, 6.07) is -0.530. The van der Waals surface area contributed by atoms with Crippen molar-refractivity contribution in [3.05, 3.63) is 0 Å². The zero-order valence-electron chi connectivity index (χ0n) is 11.8. The van der Waals surface area contributed by atoms with Gasteiger partial charge in [0.2, 0.25) is 0 Å². The van der Waals surface area contributed by atoms with Gasteiger partial charge in [-0.05, 0) is 20.8 Å². The molecule has 8 heteroatoms. The standard InChI is InChI=1S/C12H20N2O6/c1-8-4-14(7-12(2,3)20-8)11(18)13-9(15)5-19-6-10(16)17/h8H,4-7H2,1-3H3,(H,16,17)(H,13,15,18). The van der Waals surface area contributed by atoms with Gasteiger partial charge in [-0.15, -0.1) is 0 Å². The number of nitrogens with zero attached hydrogens (tertiary/aromatic N) is 1. The van der Waals surface area contributed by atoms with Gasteiger partial charge in [-0.1, -0.05) is 0 Å². The molecular weight excluding hydrogens is 268 g/mol. The zero-order valence-corrected chi connectivity index (χ0v) is 11.8. The summed E-state index contributed by atoms with van der Waals surface area (Å²) in [5.41, 5.74) is -0.474. The molecule has 8 nitrogen and oxygen atoms in total. The number of carbonyl (C=O) groups is 3. The highest BCUT2D eigenvalue weighted by atomic mass is 16.5. The van der Waals surface area contributed by atoms with Gasteiger partial charge in [-0.3, -0.25) is 10.1 Å². The number of morpholine rings is 1. The normalized spacial score (nSPS) is 21.4. The van der Waals surface area contributed by atoms with Gasteiger partial charge in [0.1, 0.15) is 13.2 Å². The number of hydrogen-bond donors (Lipinski definition) is 2. The molecule has 1 atom stereocenters. The second-order valence-electron chi connectivity index (χ2n) is 5.31. The van der Waals surface area contributed by atoms with Crippen LogP contribution in [0, 0.1) is 0 Å². The van der Waals surface area contributed by atoms with Crippen molar-refractivity contribution in [2.24, 2.45) is 0 Å². The van der Waals surface area contributed by atoms with Gasteiger partial charge in [-0.25, -0.2) is 9.59 Å². The first kappa shape index (κ1) is 16.4. The second-order valence-corrected chi connectivity index (χ2v) is 5.31. The third-order valence-corrected chi connectivity index (χ3v) is 2.56. The summed E-state index contributed by atoms with van der Waals surface area (Å²) in [7, 11) is 0. The van der Waals surface area contributed by atoms with E-state index in [4.69, 9.17) is 9.84 Å². The summed E-state index contributed by atoms with van der Waals surface area (Å²) < 4.78 is 10.3. The summed E-state index contributed by atoms with van der Waals surface area (Å²) in [5.74, 6) is -1.85. The van der Waals surface area contributed by atoms with Crippen LogP contribution in [0.2, 0.25) is 0 Å². The lowest BCUT2D eigenvalue weighted by atomic mass is 10.1. The number of carbonyl (C=O) groups excluding carboxylic acids is 2. The van der Waals surface area contributed by atoms with Crippen LogP contribution in [0.5, 0.6) is 0 Å². The number of imide groups is 1. The Hall–Kier alpha value is -1.67. The first-order valence-corrected chi connectivity index (χ1v) is 6.26. The topological polar surface area (TPSA) is 105 Å². The minimum Gasteiger partial charge on any atom is -0.480 e. The number of carboxylic acids is 1. The van der Waals surface area contributed by atoms with Gasteiger partial charge in [0.25, 0.3) is 5.91 Å². The predicted octanol–water partition coefficient (Wildman–Crippen LogP) is -0.177. The minimum absolute atomic E-state index is 0.122. The van der Waals surface area contributed by atoms with Crippen LogP contribution in [0.25, 0.3) is 0 Å². The first-order chi connectivity index (χ1) is 9.19. The highest BCUT2D eigenvalue weighted by Crippen LogP contribution is 2.20. The third kappa shape index (κ3) is 5.54. The van der Waals surface area contributed by atoms with Crippen LogP contribution in [0.4, 0.5) is 4.79 Å². The lowest BCUT2D eigenvalue weighted by Crippen LogP contribution is -2.57. The summed E-state index contributed by atoms with van der Waals surface area (Å²) in [4.78, 5) is 35.0. The van der Waals surface area contributed by atoms with Crippen LogP contribution in [0.3, 0.4) is 0 Å². The number of aliphatic carboxylic acids is 1. The van der Waals surface area contributed by atoms with E-state index >= 15 is 0 Å². The van der Waals surface area contributed by atoms with E-state index < -0.39 is 36.7 Å². The van der Waals surface area contributed by atoms with Crippen LogP contribution in [0.15, 0.2) is 0 Å². The summed E-state index contributed by atoms with van der Waals surface area (Å²) in [5, 5.41) is 10.5. The number of carboxylic acid groups (broad SMARTS) is 1. The molecule has 1 rings (SSSR count). The fourth-order valence-electron chi connectivity index (χ4n) is 2.07. The lowest BCUT2D eigenvalue weighted by molar-refractivity contribution is -0.143. The Morgan fingerprint density at radius 1 is 1.40 bits per heavy atom. The average Bonchev–Trinajstić information content (AvgIpc) is 2.25. The Labute approximate surface area is 117 Å². The van der Waals surface area contributed by atoms with E-state index in [9.17, 15) is 14.4 Å². The smallest absolute Gasteiger partial charge is 0.329 e. The van der Waals surface area contributed by atoms with E-state index in [1.807, 2.05) is 20.8 Å². The minimum atomic E-state index is -1.17. The molecule has 1 fully saturated rings. The van der Waals surface area contributed by atoms with Crippen LogP contribution < -0.4 is 5.32 Å². The van der Waals surface area contributed by atoms with Crippen molar-refractivity contribution < 1.29 is 29.0 Å². The summed E-state index contributed by atoms with van der Waals surface area (Å²) in [6.45, 7) is 5.27. The number of rotatable bonds is 4. The fourth-order valence-corrected chi connectivity index (χ4v) is 2.07. The van der Waals surface area contributed by atoms with E-state index in [1.165, 1.54) is 4.90 Å². The molecule has 0 bridgehead atoms. The van der Waals surface area contributed by atoms with E-state index in [-0.39, 0.29) is 6.10 Å². The Bertz CT molecular complexity index is 395. The van der Waals surface area contributed by atoms with Gasteiger partial charge >= 0.3 is 12.0 Å². The molecule has 0 spiro atoms. The highest BCUT2D eigenvalue weighted by Gasteiger charge is 2.34. The van der Waals surface area contributed by atoms with Crippen molar-refractivity contribution in [3.63, 3.8) is 0 Å². The Kier molecular flexibility index (Phi) is 5.46. The molecule has 1 aliphatic rings. The first-order valence-electron chi connectivity index (χ1n) is 6.26. The molecular formula is C12H20N2O6. The van der Waals surface area contributed by atoms with Crippen LogP contribution in [-0.4, -0.2) is 65.9 Å². The number of nitrogens with one attached hydrogen (secondary N) is 1. The largest absolute Gasteiger partial charge is 0.480 e. The average molecular weight is 288 g/mol. The van der Waals surface area contributed by atoms with E-state index in [1.54, 1.807) is 0 Å². The van der Waals surface area contributed by atoms with Gasteiger partial charge in [0, 0.05) is 6.54 Å². The molecule has 20 heavy (non-hydrogen) atoms. The summed E-state index contributed by atoms with van der Waals surface area (Å²) >= 11 is 0. The monoisotopic (exact) mass is 288 g/mol. The maximum absolute atomic E-state index is 11.9. The quantitative estimate of drug-likeness (QED) is 0.743. The Morgan fingerprint density at radius 3 is 2.60 bits per heavy atom. The van der Waals surface area contributed by atoms with Crippen molar-refractivity contribution in [2.75, 3.05) is 26.3 Å². The van der Waals surface area contributed by atoms with Crippen LogP contribution in [0.1, 0.15) is 20.8 Å². The molecule has 0 radical (unpaired) electrons. The second kappa shape index (κ2) is 6.67. The fraction of sp³-hybridized carbons (Fsp3) is 0.750. The van der Waals surface area contributed by atoms with Gasteiger partial charge in [0.05, 0.1) is 18.2 Å². The summed E-state index contributed by atoms with van der Waals surface area (Å²) in [6.07, 6.45) is -0.122. The van der Waals surface area contributed by atoms with Crippen molar-refractivity contribution in [1.29, 1.82) is 0 Å². The number of urea groups is 1.